The summed E-state index contributed by atoms with van der Waals surface area (Å²) in [5, 5.41) is 3.43. The lowest BCUT2D eigenvalue weighted by Gasteiger charge is -2.21. The van der Waals surface area contributed by atoms with E-state index in [2.05, 4.69) is 55.5 Å². The van der Waals surface area contributed by atoms with Crippen LogP contribution in [-0.2, 0) is 31.0 Å². The van der Waals surface area contributed by atoms with Gasteiger partial charge in [0.05, 0.1) is 31.6 Å². The summed E-state index contributed by atoms with van der Waals surface area (Å²) in [6.07, 6.45) is 1.88. The van der Waals surface area contributed by atoms with E-state index in [0.29, 0.717) is 13.2 Å². The van der Waals surface area contributed by atoms with Gasteiger partial charge in [0.2, 0.25) is 0 Å². The number of benzene rings is 2. The number of rotatable bonds is 5. The smallest absolute Gasteiger partial charge is 0.194 e. The summed E-state index contributed by atoms with van der Waals surface area (Å²) in [5.74, 6) is 1.73. The second-order valence-electron chi connectivity index (χ2n) is 6.96. The number of aromatic amines is 1. The van der Waals surface area contributed by atoms with E-state index in [1.54, 1.807) is 7.05 Å². The molecule has 0 saturated heterocycles. The van der Waals surface area contributed by atoms with Crippen molar-refractivity contribution in [2.45, 2.75) is 26.3 Å². The fraction of sp³-hybridized carbons (Fsp3) is 0.273. The van der Waals surface area contributed by atoms with E-state index in [0.717, 1.165) is 36.2 Å². The van der Waals surface area contributed by atoms with Gasteiger partial charge < -0.3 is 19.9 Å². The minimum absolute atomic E-state index is 0.643. The second kappa shape index (κ2) is 8.27. The molecule has 2 N–H and O–H groups in total. The largest absolute Gasteiger partial charge is 0.372 e. The van der Waals surface area contributed by atoms with Crippen molar-refractivity contribution in [2.75, 3.05) is 14.1 Å². The molecule has 1 aromatic heterocycles. The van der Waals surface area contributed by atoms with E-state index in [-0.39, 0.29) is 0 Å². The van der Waals surface area contributed by atoms with Crippen LogP contribution in [0.15, 0.2) is 59.7 Å². The molecule has 144 valence electrons. The van der Waals surface area contributed by atoms with Crippen molar-refractivity contribution in [2.24, 2.45) is 4.99 Å². The molecule has 6 heteroatoms. The third-order valence-electron chi connectivity index (χ3n) is 4.91. The number of hydrogen-bond acceptors (Lipinski definition) is 3. The fourth-order valence-corrected chi connectivity index (χ4v) is 3.41. The first-order chi connectivity index (χ1) is 13.7. The van der Waals surface area contributed by atoms with Crippen LogP contribution in [-0.4, -0.2) is 34.9 Å². The fourth-order valence-electron chi connectivity index (χ4n) is 3.41. The Hall–Kier alpha value is -3.12. The van der Waals surface area contributed by atoms with Crippen LogP contribution in [0.1, 0.15) is 22.5 Å². The van der Waals surface area contributed by atoms with Gasteiger partial charge in [0.15, 0.2) is 5.96 Å². The second-order valence-corrected chi connectivity index (χ2v) is 6.96. The number of guanidine groups is 1. The Morgan fingerprint density at radius 3 is 2.82 bits per heavy atom. The van der Waals surface area contributed by atoms with Crippen LogP contribution in [0.3, 0.4) is 0 Å². The molecule has 0 radical (unpaired) electrons. The van der Waals surface area contributed by atoms with Crippen molar-refractivity contribution < 1.29 is 4.74 Å². The highest BCUT2D eigenvalue weighted by molar-refractivity contribution is 5.79. The standard InChI is InChI=1S/C22H25N5O/c1-23-22(25-11-16-8-9-18-14-28-15-19(18)10-16)27(2)13-21-24-12-20(26-21)17-6-4-3-5-7-17/h3-10,12H,11,13-15H2,1-2H3,(H,23,25)(H,24,26). The van der Waals surface area contributed by atoms with Crippen LogP contribution in [0.25, 0.3) is 11.3 Å². The summed E-state index contributed by atoms with van der Waals surface area (Å²) in [6.45, 7) is 2.80. The number of imidazole rings is 1. The van der Waals surface area contributed by atoms with Gasteiger partial charge in [-0.25, -0.2) is 4.98 Å². The van der Waals surface area contributed by atoms with Crippen LogP contribution in [0.4, 0.5) is 0 Å². The lowest BCUT2D eigenvalue weighted by Crippen LogP contribution is -2.38. The SMILES string of the molecule is CN=C(NCc1ccc2c(c1)COC2)N(C)Cc1ncc(-c2ccccc2)[nH]1. The quantitative estimate of drug-likeness (QED) is 0.530. The molecule has 3 aromatic rings. The lowest BCUT2D eigenvalue weighted by atomic mass is 10.1. The van der Waals surface area contributed by atoms with Crippen LogP contribution in [0, 0.1) is 0 Å². The topological polar surface area (TPSA) is 65.5 Å². The van der Waals surface area contributed by atoms with E-state index in [1.165, 1.54) is 16.7 Å². The molecule has 4 rings (SSSR count). The van der Waals surface area contributed by atoms with Crippen molar-refractivity contribution in [3.05, 3.63) is 77.2 Å². The molecule has 0 saturated carbocycles. The molecule has 0 spiro atoms. The summed E-state index contributed by atoms with van der Waals surface area (Å²) < 4.78 is 5.49. The van der Waals surface area contributed by atoms with Gasteiger partial charge in [-0.15, -0.1) is 0 Å². The zero-order valence-electron chi connectivity index (χ0n) is 16.3. The molecule has 2 heterocycles. The third kappa shape index (κ3) is 4.07. The van der Waals surface area contributed by atoms with Gasteiger partial charge in [-0.3, -0.25) is 4.99 Å². The van der Waals surface area contributed by atoms with Crippen LogP contribution >= 0.6 is 0 Å². The summed E-state index contributed by atoms with van der Waals surface area (Å²) >= 11 is 0. The highest BCUT2D eigenvalue weighted by Gasteiger charge is 2.13. The number of nitrogens with zero attached hydrogens (tertiary/aromatic N) is 3. The maximum Gasteiger partial charge on any atom is 0.194 e. The molecule has 0 aliphatic carbocycles. The molecular weight excluding hydrogens is 350 g/mol. The number of ether oxygens (including phenoxy) is 1. The third-order valence-corrected chi connectivity index (χ3v) is 4.91. The van der Waals surface area contributed by atoms with Gasteiger partial charge in [-0.2, -0.15) is 0 Å². The predicted molar refractivity (Wildman–Crippen MR) is 111 cm³/mol. The number of hydrogen-bond donors (Lipinski definition) is 2. The van der Waals surface area contributed by atoms with Gasteiger partial charge >= 0.3 is 0 Å². The van der Waals surface area contributed by atoms with Gasteiger partial charge in [0, 0.05) is 20.6 Å². The molecule has 1 aliphatic rings. The molecule has 28 heavy (non-hydrogen) atoms. The maximum atomic E-state index is 5.49. The van der Waals surface area contributed by atoms with Gasteiger partial charge in [-0.1, -0.05) is 48.5 Å². The molecular formula is C22H25N5O. The minimum Gasteiger partial charge on any atom is -0.372 e. The van der Waals surface area contributed by atoms with Crippen molar-refractivity contribution in [1.82, 2.24) is 20.2 Å². The van der Waals surface area contributed by atoms with E-state index in [1.807, 2.05) is 31.4 Å². The van der Waals surface area contributed by atoms with Crippen molar-refractivity contribution >= 4 is 5.96 Å². The van der Waals surface area contributed by atoms with Gasteiger partial charge in [0.25, 0.3) is 0 Å². The molecule has 1 aliphatic heterocycles. The molecule has 0 atom stereocenters. The Labute approximate surface area is 165 Å². The molecule has 6 nitrogen and oxygen atoms in total. The average molecular weight is 375 g/mol. The number of aliphatic imine (C=N–C) groups is 1. The normalized spacial score (nSPS) is 13.4. The van der Waals surface area contributed by atoms with Crippen LogP contribution in [0.5, 0.6) is 0 Å². The summed E-state index contributed by atoms with van der Waals surface area (Å²) in [6, 6.07) is 16.7. The zero-order chi connectivity index (χ0) is 19.3. The Balaban J connectivity index is 1.37. The maximum absolute atomic E-state index is 5.49. The summed E-state index contributed by atoms with van der Waals surface area (Å²) in [5.41, 5.74) is 5.95. The zero-order valence-corrected chi connectivity index (χ0v) is 16.3. The van der Waals surface area contributed by atoms with E-state index >= 15 is 0 Å². The highest BCUT2D eigenvalue weighted by Crippen LogP contribution is 2.21. The number of H-pyrrole nitrogens is 1. The summed E-state index contributed by atoms with van der Waals surface area (Å²) in [7, 11) is 3.81. The highest BCUT2D eigenvalue weighted by atomic mass is 16.5. The monoisotopic (exact) mass is 375 g/mol. The van der Waals surface area contributed by atoms with E-state index < -0.39 is 0 Å². The Bertz CT molecular complexity index is 964. The molecule has 0 bridgehead atoms. The molecule has 2 aromatic carbocycles. The molecule has 0 unspecified atom stereocenters. The van der Waals surface area contributed by atoms with E-state index in [4.69, 9.17) is 4.74 Å². The van der Waals surface area contributed by atoms with Crippen LogP contribution in [0.2, 0.25) is 0 Å². The Kier molecular flexibility index (Phi) is 5.39. The first kappa shape index (κ1) is 18.3. The lowest BCUT2D eigenvalue weighted by molar-refractivity contribution is 0.134. The molecule has 0 fully saturated rings. The van der Waals surface area contributed by atoms with Crippen LogP contribution < -0.4 is 5.32 Å². The predicted octanol–water partition coefficient (Wildman–Crippen LogP) is 3.31. The van der Waals surface area contributed by atoms with Crippen molar-refractivity contribution in [1.29, 1.82) is 0 Å². The average Bonchev–Trinajstić information content (AvgIpc) is 3.38. The number of aromatic nitrogens is 2. The molecule has 0 amide bonds. The van der Waals surface area contributed by atoms with E-state index in [9.17, 15) is 0 Å². The number of fused-ring (bicyclic) bond motifs is 1. The van der Waals surface area contributed by atoms with Crippen molar-refractivity contribution in [3.63, 3.8) is 0 Å². The van der Waals surface area contributed by atoms with Gasteiger partial charge in [0.1, 0.15) is 5.82 Å². The minimum atomic E-state index is 0.643. The first-order valence-corrected chi connectivity index (χ1v) is 9.42. The Morgan fingerprint density at radius 1 is 1.18 bits per heavy atom. The first-order valence-electron chi connectivity index (χ1n) is 9.42. The van der Waals surface area contributed by atoms with Gasteiger partial charge in [-0.05, 0) is 22.3 Å². The van der Waals surface area contributed by atoms with Crippen molar-refractivity contribution in [3.8, 4) is 11.3 Å². The summed E-state index contributed by atoms with van der Waals surface area (Å²) in [4.78, 5) is 14.4. The Morgan fingerprint density at radius 2 is 2.00 bits per heavy atom. The number of nitrogens with one attached hydrogen (secondary N) is 2.